The SMILES string of the molecule is Cc1ccc(Cc2cc3c(cc2C)CO[C@]32S[C@H](CO)[C@@H](O)[C@H](O)[C@H]2O)s1. The van der Waals surface area contributed by atoms with E-state index < -0.39 is 28.5 Å². The van der Waals surface area contributed by atoms with Gasteiger partial charge in [0.1, 0.15) is 12.2 Å². The molecule has 0 amide bonds. The Kier molecular flexibility index (Phi) is 5.13. The average Bonchev–Trinajstić information content (AvgIpc) is 3.21. The smallest absolute Gasteiger partial charge is 0.168 e. The first-order chi connectivity index (χ1) is 12.9. The largest absolute Gasteiger partial charge is 0.395 e. The second-order valence-electron chi connectivity index (χ2n) is 7.35. The maximum Gasteiger partial charge on any atom is 0.168 e. The van der Waals surface area contributed by atoms with Crippen LogP contribution < -0.4 is 0 Å². The van der Waals surface area contributed by atoms with E-state index in [1.54, 1.807) is 11.3 Å². The van der Waals surface area contributed by atoms with Gasteiger partial charge in [-0.05, 0) is 42.7 Å². The van der Waals surface area contributed by atoms with Crippen molar-refractivity contribution in [2.24, 2.45) is 0 Å². The molecule has 1 saturated heterocycles. The van der Waals surface area contributed by atoms with Crippen LogP contribution in [-0.4, -0.2) is 50.6 Å². The van der Waals surface area contributed by atoms with Crippen molar-refractivity contribution in [2.45, 2.75) is 55.4 Å². The third-order valence-electron chi connectivity index (χ3n) is 5.49. The van der Waals surface area contributed by atoms with Crippen LogP contribution in [0.4, 0.5) is 0 Å². The molecular formula is C20H24O5S2. The number of aryl methyl sites for hydroxylation is 2. The van der Waals surface area contributed by atoms with Crippen molar-refractivity contribution in [1.82, 2.24) is 0 Å². The Morgan fingerprint density at radius 2 is 1.93 bits per heavy atom. The van der Waals surface area contributed by atoms with Crippen LogP contribution in [-0.2, 0) is 22.7 Å². The number of hydrogen-bond acceptors (Lipinski definition) is 7. The van der Waals surface area contributed by atoms with E-state index in [1.165, 1.54) is 21.5 Å². The molecule has 1 spiro atoms. The van der Waals surface area contributed by atoms with E-state index in [0.29, 0.717) is 6.61 Å². The van der Waals surface area contributed by atoms with Gasteiger partial charge in [0.25, 0.3) is 0 Å². The lowest BCUT2D eigenvalue weighted by Crippen LogP contribution is -2.58. The highest BCUT2D eigenvalue weighted by atomic mass is 32.2. The summed E-state index contributed by atoms with van der Waals surface area (Å²) in [6.45, 7) is 4.19. The van der Waals surface area contributed by atoms with Gasteiger partial charge in [-0.3, -0.25) is 0 Å². The molecule has 146 valence electrons. The number of ether oxygens (including phenoxy) is 1. The van der Waals surface area contributed by atoms with Gasteiger partial charge in [0.15, 0.2) is 4.93 Å². The molecule has 7 heteroatoms. The fourth-order valence-electron chi connectivity index (χ4n) is 3.96. The first-order valence-corrected chi connectivity index (χ1v) is 10.7. The van der Waals surface area contributed by atoms with Crippen LogP contribution >= 0.6 is 23.1 Å². The van der Waals surface area contributed by atoms with Gasteiger partial charge in [0, 0.05) is 21.7 Å². The van der Waals surface area contributed by atoms with Gasteiger partial charge in [0.05, 0.1) is 24.6 Å². The molecular weight excluding hydrogens is 384 g/mol. The minimum atomic E-state index is -1.38. The molecule has 5 atom stereocenters. The molecule has 0 saturated carbocycles. The van der Waals surface area contributed by atoms with Crippen molar-refractivity contribution in [2.75, 3.05) is 6.61 Å². The highest BCUT2D eigenvalue weighted by Gasteiger charge is 2.57. The standard InChI is InChI=1S/C20H24O5S2/c1-10-5-13-9-25-20(19(24)18(23)17(22)16(8-21)27-20)15(13)7-12(10)6-14-4-3-11(2)26-14/h3-5,7,16-19,21-24H,6,8-9H2,1-2H3/t16-,17-,18+,19-,20+/m1/s1. The number of fused-ring (bicyclic) bond motifs is 2. The highest BCUT2D eigenvalue weighted by molar-refractivity contribution is 8.00. The minimum absolute atomic E-state index is 0.302. The van der Waals surface area contributed by atoms with Crippen LogP contribution in [0.15, 0.2) is 24.3 Å². The number of aliphatic hydroxyl groups is 4. The van der Waals surface area contributed by atoms with E-state index in [2.05, 4.69) is 38.1 Å². The first kappa shape index (κ1) is 19.4. The minimum Gasteiger partial charge on any atom is -0.395 e. The van der Waals surface area contributed by atoms with Gasteiger partial charge in [-0.1, -0.05) is 12.1 Å². The Hall–Kier alpha value is -0.930. The Balaban J connectivity index is 1.75. The molecule has 1 aromatic carbocycles. The molecule has 4 rings (SSSR count). The van der Waals surface area contributed by atoms with E-state index >= 15 is 0 Å². The molecule has 1 fully saturated rings. The summed E-state index contributed by atoms with van der Waals surface area (Å²) >= 11 is 2.96. The molecule has 2 aliphatic heterocycles. The van der Waals surface area contributed by atoms with E-state index in [0.717, 1.165) is 28.7 Å². The molecule has 0 aliphatic carbocycles. The summed E-state index contributed by atoms with van der Waals surface area (Å²) in [6, 6.07) is 8.38. The number of rotatable bonds is 3. The lowest BCUT2D eigenvalue weighted by atomic mass is 9.90. The van der Waals surface area contributed by atoms with Crippen LogP contribution in [0.5, 0.6) is 0 Å². The number of hydrogen-bond donors (Lipinski definition) is 4. The van der Waals surface area contributed by atoms with Gasteiger partial charge >= 0.3 is 0 Å². The zero-order valence-corrected chi connectivity index (χ0v) is 16.9. The summed E-state index contributed by atoms with van der Waals surface area (Å²) in [5.41, 5.74) is 4.12. The summed E-state index contributed by atoms with van der Waals surface area (Å²) in [5.74, 6) is 0. The van der Waals surface area contributed by atoms with Crippen molar-refractivity contribution < 1.29 is 25.2 Å². The van der Waals surface area contributed by atoms with Crippen LogP contribution in [0.25, 0.3) is 0 Å². The second-order valence-corrected chi connectivity index (χ2v) is 10.2. The van der Waals surface area contributed by atoms with Gasteiger partial charge in [-0.2, -0.15) is 0 Å². The van der Waals surface area contributed by atoms with Crippen LogP contribution in [0, 0.1) is 13.8 Å². The fourth-order valence-corrected chi connectivity index (χ4v) is 6.42. The molecule has 5 nitrogen and oxygen atoms in total. The van der Waals surface area contributed by atoms with Gasteiger partial charge in [-0.25, -0.2) is 0 Å². The van der Waals surface area contributed by atoms with Crippen molar-refractivity contribution in [1.29, 1.82) is 0 Å². The average molecular weight is 409 g/mol. The third kappa shape index (κ3) is 3.15. The normalized spacial score (nSPS) is 32.8. The summed E-state index contributed by atoms with van der Waals surface area (Å²) in [6.07, 6.45) is -3.06. The zero-order chi connectivity index (χ0) is 19.3. The number of benzene rings is 1. The molecule has 2 aromatic rings. The predicted molar refractivity (Wildman–Crippen MR) is 106 cm³/mol. The molecule has 27 heavy (non-hydrogen) atoms. The third-order valence-corrected chi connectivity index (χ3v) is 8.15. The topological polar surface area (TPSA) is 90.2 Å². The summed E-state index contributed by atoms with van der Waals surface area (Å²) in [7, 11) is 0. The fraction of sp³-hybridized carbons (Fsp3) is 0.500. The second kappa shape index (κ2) is 7.15. The Labute approximate surface area is 166 Å². The molecule has 0 unspecified atom stereocenters. The number of thioether (sulfide) groups is 1. The highest BCUT2D eigenvalue weighted by Crippen LogP contribution is 2.54. The van der Waals surface area contributed by atoms with E-state index in [4.69, 9.17) is 4.74 Å². The Morgan fingerprint density at radius 1 is 1.15 bits per heavy atom. The molecule has 0 bridgehead atoms. The van der Waals surface area contributed by atoms with E-state index in [1.807, 2.05) is 0 Å². The quantitative estimate of drug-likeness (QED) is 0.620. The maximum absolute atomic E-state index is 10.8. The summed E-state index contributed by atoms with van der Waals surface area (Å²) in [5, 5.41) is 40.3. The van der Waals surface area contributed by atoms with E-state index in [9.17, 15) is 20.4 Å². The number of aliphatic hydroxyl groups excluding tert-OH is 4. The molecule has 4 N–H and O–H groups in total. The van der Waals surface area contributed by atoms with Crippen molar-refractivity contribution in [3.63, 3.8) is 0 Å². The lowest BCUT2D eigenvalue weighted by Gasteiger charge is -2.45. The van der Waals surface area contributed by atoms with Crippen molar-refractivity contribution >= 4 is 23.1 Å². The summed E-state index contributed by atoms with van der Waals surface area (Å²) < 4.78 is 6.01. The van der Waals surface area contributed by atoms with Crippen molar-refractivity contribution in [3.8, 4) is 0 Å². The monoisotopic (exact) mass is 408 g/mol. The number of thiophene rings is 1. The van der Waals surface area contributed by atoms with Gasteiger partial charge in [0.2, 0.25) is 0 Å². The van der Waals surface area contributed by atoms with Crippen LogP contribution in [0.2, 0.25) is 0 Å². The molecule has 0 radical (unpaired) electrons. The van der Waals surface area contributed by atoms with Crippen molar-refractivity contribution in [3.05, 3.63) is 56.3 Å². The Morgan fingerprint density at radius 3 is 2.59 bits per heavy atom. The van der Waals surface area contributed by atoms with Gasteiger partial charge < -0.3 is 25.2 Å². The van der Waals surface area contributed by atoms with E-state index in [-0.39, 0.29) is 6.61 Å². The summed E-state index contributed by atoms with van der Waals surface area (Å²) in [4.78, 5) is 1.36. The van der Waals surface area contributed by atoms with Crippen LogP contribution in [0.1, 0.15) is 32.0 Å². The molecule has 1 aromatic heterocycles. The Bertz CT molecular complexity index is 849. The first-order valence-electron chi connectivity index (χ1n) is 9.00. The van der Waals surface area contributed by atoms with Gasteiger partial charge in [-0.15, -0.1) is 23.1 Å². The predicted octanol–water partition coefficient (Wildman–Crippen LogP) is 1.83. The van der Waals surface area contributed by atoms with Crippen LogP contribution in [0.3, 0.4) is 0 Å². The molecule has 2 aliphatic rings. The lowest BCUT2D eigenvalue weighted by molar-refractivity contribution is -0.147. The molecule has 3 heterocycles. The zero-order valence-electron chi connectivity index (χ0n) is 15.3. The maximum atomic E-state index is 10.8.